The Kier molecular flexibility index (Phi) is 7.22. The van der Waals surface area contributed by atoms with Gasteiger partial charge in [0.25, 0.3) is 0 Å². The lowest BCUT2D eigenvalue weighted by Crippen LogP contribution is -2.33. The van der Waals surface area contributed by atoms with Crippen molar-refractivity contribution in [3.63, 3.8) is 0 Å². The number of fused-ring (bicyclic) bond motifs is 1. The van der Waals surface area contributed by atoms with Gasteiger partial charge in [-0.15, -0.1) is 0 Å². The second-order valence-corrected chi connectivity index (χ2v) is 8.97. The Morgan fingerprint density at radius 1 is 0.931 bits per heavy atom. The Morgan fingerprint density at radius 2 is 1.66 bits per heavy atom. The summed E-state index contributed by atoms with van der Waals surface area (Å²) in [4.78, 5) is 25.8. The molecule has 1 aliphatic heterocycles. The molecule has 1 heterocycles. The van der Waals surface area contributed by atoms with Crippen molar-refractivity contribution < 1.29 is 18.0 Å². The molecule has 0 bridgehead atoms. The van der Waals surface area contributed by atoms with Crippen LogP contribution in [0.2, 0.25) is 0 Å². The zero-order valence-electron chi connectivity index (χ0n) is 16.4. The highest BCUT2D eigenvalue weighted by molar-refractivity contribution is 7.89. The van der Waals surface area contributed by atoms with Crippen molar-refractivity contribution in [3.8, 4) is 0 Å². The summed E-state index contributed by atoms with van der Waals surface area (Å²) in [6.07, 6.45) is 3.00. The van der Waals surface area contributed by atoms with Gasteiger partial charge in [0.15, 0.2) is 0 Å². The van der Waals surface area contributed by atoms with E-state index in [1.165, 1.54) is 0 Å². The molecular weight excluding hydrogens is 390 g/mol. The van der Waals surface area contributed by atoms with Crippen LogP contribution in [-0.4, -0.2) is 51.3 Å². The summed E-state index contributed by atoms with van der Waals surface area (Å²) in [5, 5.41) is 4.56. The van der Waals surface area contributed by atoms with Gasteiger partial charge in [0.2, 0.25) is 21.8 Å². The maximum Gasteiger partial charge on any atom is 0.240 e. The molecule has 0 saturated carbocycles. The van der Waals surface area contributed by atoms with Crippen molar-refractivity contribution in [1.82, 2.24) is 14.9 Å². The fourth-order valence-corrected chi connectivity index (χ4v) is 4.50. The molecule has 2 amide bonds. The third-order valence-corrected chi connectivity index (χ3v) is 6.48. The molecule has 3 rings (SSSR count). The smallest absolute Gasteiger partial charge is 0.240 e. The van der Waals surface area contributed by atoms with Gasteiger partial charge in [0.05, 0.1) is 4.90 Å². The number of nitrogens with one attached hydrogen (secondary N) is 2. The first kappa shape index (κ1) is 21.3. The molecule has 2 N–H and O–H groups in total. The predicted molar refractivity (Wildman–Crippen MR) is 112 cm³/mol. The number of rotatable bonds is 9. The van der Waals surface area contributed by atoms with E-state index in [9.17, 15) is 18.0 Å². The van der Waals surface area contributed by atoms with Crippen LogP contribution in [0.3, 0.4) is 0 Å². The number of carbonyl (C=O) groups excluding carboxylic acids is 2. The Balaban J connectivity index is 1.37. The SMILES string of the molecule is O=C(CCCNS(=O)(=O)c1ccc2ccccc2c1)NCCC(=O)N1CCCC1. The van der Waals surface area contributed by atoms with Crippen molar-refractivity contribution >= 4 is 32.6 Å². The van der Waals surface area contributed by atoms with Crippen LogP contribution in [0.5, 0.6) is 0 Å². The molecule has 1 fully saturated rings. The van der Waals surface area contributed by atoms with E-state index in [0.29, 0.717) is 19.4 Å². The molecule has 0 aliphatic carbocycles. The Labute approximate surface area is 171 Å². The van der Waals surface area contributed by atoms with Crippen LogP contribution in [0.25, 0.3) is 10.8 Å². The van der Waals surface area contributed by atoms with E-state index < -0.39 is 10.0 Å². The minimum Gasteiger partial charge on any atom is -0.356 e. The average molecular weight is 418 g/mol. The largest absolute Gasteiger partial charge is 0.356 e. The Hall–Kier alpha value is -2.45. The van der Waals surface area contributed by atoms with E-state index in [2.05, 4.69) is 10.0 Å². The third-order valence-electron chi connectivity index (χ3n) is 5.02. The van der Waals surface area contributed by atoms with Crippen molar-refractivity contribution in [1.29, 1.82) is 0 Å². The number of amides is 2. The summed E-state index contributed by atoms with van der Waals surface area (Å²) < 4.78 is 27.4. The minimum atomic E-state index is -3.62. The Morgan fingerprint density at radius 3 is 2.41 bits per heavy atom. The maximum atomic E-state index is 12.4. The van der Waals surface area contributed by atoms with Gasteiger partial charge in [-0.1, -0.05) is 30.3 Å². The highest BCUT2D eigenvalue weighted by atomic mass is 32.2. The number of benzene rings is 2. The molecule has 1 aliphatic rings. The monoisotopic (exact) mass is 417 g/mol. The van der Waals surface area contributed by atoms with Gasteiger partial charge in [0, 0.05) is 39.0 Å². The molecule has 2 aromatic rings. The lowest BCUT2D eigenvalue weighted by molar-refractivity contribution is -0.130. The van der Waals surface area contributed by atoms with E-state index in [1.807, 2.05) is 29.2 Å². The zero-order valence-corrected chi connectivity index (χ0v) is 17.2. The van der Waals surface area contributed by atoms with Gasteiger partial charge < -0.3 is 10.2 Å². The van der Waals surface area contributed by atoms with Gasteiger partial charge in [0.1, 0.15) is 0 Å². The molecule has 0 radical (unpaired) electrons. The fraction of sp³-hybridized carbons (Fsp3) is 0.429. The minimum absolute atomic E-state index is 0.0749. The molecule has 8 heteroatoms. The number of hydrogen-bond donors (Lipinski definition) is 2. The van der Waals surface area contributed by atoms with E-state index in [-0.39, 0.29) is 29.7 Å². The van der Waals surface area contributed by atoms with Crippen LogP contribution in [-0.2, 0) is 19.6 Å². The highest BCUT2D eigenvalue weighted by Crippen LogP contribution is 2.18. The molecule has 1 saturated heterocycles. The van der Waals surface area contributed by atoms with E-state index >= 15 is 0 Å². The summed E-state index contributed by atoms with van der Waals surface area (Å²) in [6.45, 7) is 2.11. The molecular formula is C21H27N3O4S. The Bertz CT molecular complexity index is 969. The topological polar surface area (TPSA) is 95.6 Å². The normalized spacial score (nSPS) is 14.3. The van der Waals surface area contributed by atoms with Gasteiger partial charge in [-0.2, -0.15) is 0 Å². The summed E-state index contributed by atoms with van der Waals surface area (Å²) in [5.74, 6) is -0.102. The molecule has 0 spiro atoms. The lowest BCUT2D eigenvalue weighted by Gasteiger charge is -2.15. The van der Waals surface area contributed by atoms with Crippen LogP contribution in [0.1, 0.15) is 32.1 Å². The number of carbonyl (C=O) groups is 2. The van der Waals surface area contributed by atoms with Crippen molar-refractivity contribution in [2.45, 2.75) is 37.0 Å². The van der Waals surface area contributed by atoms with Gasteiger partial charge >= 0.3 is 0 Å². The first-order chi connectivity index (χ1) is 14.0. The van der Waals surface area contributed by atoms with Crippen LogP contribution < -0.4 is 10.0 Å². The summed E-state index contributed by atoms with van der Waals surface area (Å²) in [7, 11) is -3.62. The average Bonchev–Trinajstić information content (AvgIpc) is 3.26. The summed E-state index contributed by atoms with van der Waals surface area (Å²) in [6, 6.07) is 12.6. The summed E-state index contributed by atoms with van der Waals surface area (Å²) >= 11 is 0. The molecule has 0 atom stereocenters. The van der Waals surface area contributed by atoms with Crippen LogP contribution in [0, 0.1) is 0 Å². The first-order valence-electron chi connectivity index (χ1n) is 9.99. The van der Waals surface area contributed by atoms with Crippen molar-refractivity contribution in [2.75, 3.05) is 26.2 Å². The zero-order chi connectivity index (χ0) is 20.7. The number of hydrogen-bond acceptors (Lipinski definition) is 4. The lowest BCUT2D eigenvalue weighted by atomic mass is 10.1. The quantitative estimate of drug-likeness (QED) is 0.610. The molecule has 0 aromatic heterocycles. The number of likely N-dealkylation sites (tertiary alicyclic amines) is 1. The fourth-order valence-electron chi connectivity index (χ4n) is 3.40. The molecule has 7 nitrogen and oxygen atoms in total. The molecule has 0 unspecified atom stereocenters. The highest BCUT2D eigenvalue weighted by Gasteiger charge is 2.17. The maximum absolute atomic E-state index is 12.4. The number of nitrogens with zero attached hydrogens (tertiary/aromatic N) is 1. The molecule has 156 valence electrons. The summed E-state index contributed by atoms with van der Waals surface area (Å²) in [5.41, 5.74) is 0. The van der Waals surface area contributed by atoms with Gasteiger partial charge in [-0.3, -0.25) is 9.59 Å². The van der Waals surface area contributed by atoms with E-state index in [1.54, 1.807) is 18.2 Å². The van der Waals surface area contributed by atoms with Crippen LogP contribution in [0.15, 0.2) is 47.4 Å². The molecule has 29 heavy (non-hydrogen) atoms. The van der Waals surface area contributed by atoms with Crippen LogP contribution in [0.4, 0.5) is 0 Å². The standard InChI is InChI=1S/C21H27N3O4S/c25-20(22-13-11-21(26)24-14-3-4-15-24)8-5-12-23-29(27,28)19-10-9-17-6-1-2-7-18(17)16-19/h1-2,6-7,9-10,16,23H,3-5,8,11-15H2,(H,22,25). The van der Waals surface area contributed by atoms with Crippen molar-refractivity contribution in [3.05, 3.63) is 42.5 Å². The predicted octanol–water partition coefficient (Wildman–Crippen LogP) is 2.03. The van der Waals surface area contributed by atoms with Gasteiger partial charge in [-0.25, -0.2) is 13.1 Å². The number of sulfonamides is 1. The third kappa shape index (κ3) is 6.01. The van der Waals surface area contributed by atoms with E-state index in [0.717, 1.165) is 36.7 Å². The first-order valence-corrected chi connectivity index (χ1v) is 11.5. The molecule has 2 aromatic carbocycles. The van der Waals surface area contributed by atoms with Crippen LogP contribution >= 0.6 is 0 Å². The van der Waals surface area contributed by atoms with Crippen molar-refractivity contribution in [2.24, 2.45) is 0 Å². The van der Waals surface area contributed by atoms with Gasteiger partial charge in [-0.05, 0) is 42.2 Å². The second-order valence-electron chi connectivity index (χ2n) is 7.20. The van der Waals surface area contributed by atoms with E-state index in [4.69, 9.17) is 0 Å². The second kappa shape index (κ2) is 9.84.